The molecule has 0 atom stereocenters. The van der Waals surface area contributed by atoms with Crippen molar-refractivity contribution in [2.45, 2.75) is 13.8 Å². The lowest BCUT2D eigenvalue weighted by Gasteiger charge is -2.05. The third-order valence-electron chi connectivity index (χ3n) is 1.26. The number of hydrogen-bond acceptors (Lipinski definition) is 4. The van der Waals surface area contributed by atoms with Gasteiger partial charge in [-0.25, -0.2) is 4.79 Å². The minimum atomic E-state index is -0.391. The lowest BCUT2D eigenvalue weighted by Crippen LogP contribution is -2.13. The van der Waals surface area contributed by atoms with Gasteiger partial charge in [0.2, 0.25) is 0 Å². The zero-order chi connectivity index (χ0) is 10.1. The molecule has 0 unspecified atom stereocenters. The molecule has 0 aromatic heterocycles. The van der Waals surface area contributed by atoms with Crippen LogP contribution in [0.3, 0.4) is 0 Å². The van der Waals surface area contributed by atoms with E-state index in [-0.39, 0.29) is 6.61 Å². The van der Waals surface area contributed by atoms with Crippen molar-refractivity contribution in [3.63, 3.8) is 0 Å². The van der Waals surface area contributed by atoms with Gasteiger partial charge in [0, 0.05) is 6.61 Å². The minimum absolute atomic E-state index is 0.225. The summed E-state index contributed by atoms with van der Waals surface area (Å²) in [7, 11) is 1.48. The van der Waals surface area contributed by atoms with E-state index in [0.717, 1.165) is 0 Å². The number of carbonyl (C=O) groups is 1. The van der Waals surface area contributed by atoms with Gasteiger partial charge in [0.25, 0.3) is 0 Å². The molecule has 0 rings (SSSR count). The van der Waals surface area contributed by atoms with Gasteiger partial charge >= 0.3 is 5.97 Å². The van der Waals surface area contributed by atoms with Crippen LogP contribution in [0.2, 0.25) is 0 Å². The molecule has 0 amide bonds. The second kappa shape index (κ2) is 7.61. The summed E-state index contributed by atoms with van der Waals surface area (Å²) in [4.78, 5) is 11.2. The molecule has 76 valence electrons. The monoisotopic (exact) mass is 188 g/mol. The van der Waals surface area contributed by atoms with Gasteiger partial charge < -0.3 is 14.2 Å². The molecular weight excluding hydrogens is 172 g/mol. The Bertz CT molecular complexity index is 174. The van der Waals surface area contributed by atoms with Crippen LogP contribution in [0.5, 0.6) is 0 Å². The van der Waals surface area contributed by atoms with E-state index in [9.17, 15) is 4.79 Å². The molecule has 0 aromatic carbocycles. The molecule has 0 saturated carbocycles. The lowest BCUT2D eigenvalue weighted by molar-refractivity contribution is -0.139. The molecular formula is C9H16O4. The van der Waals surface area contributed by atoms with Crippen molar-refractivity contribution in [3.8, 4) is 0 Å². The number of methoxy groups -OCH3 is 1. The lowest BCUT2D eigenvalue weighted by atomic mass is 10.3. The Labute approximate surface area is 78.5 Å². The first kappa shape index (κ1) is 12.0. The Morgan fingerprint density at radius 1 is 1.31 bits per heavy atom. The van der Waals surface area contributed by atoms with Gasteiger partial charge in [-0.1, -0.05) is 0 Å². The Hall–Kier alpha value is -1.03. The van der Waals surface area contributed by atoms with E-state index in [1.54, 1.807) is 6.92 Å². The smallest absolute Gasteiger partial charge is 0.339 e. The average molecular weight is 188 g/mol. The Balaban J connectivity index is 4.08. The summed E-state index contributed by atoms with van der Waals surface area (Å²) in [6.07, 6.45) is 1.34. The number of hydrogen-bond donors (Lipinski definition) is 0. The maximum atomic E-state index is 11.2. The van der Waals surface area contributed by atoms with Crippen LogP contribution in [0.25, 0.3) is 0 Å². The van der Waals surface area contributed by atoms with Gasteiger partial charge in [-0.15, -0.1) is 0 Å². The molecule has 13 heavy (non-hydrogen) atoms. The van der Waals surface area contributed by atoms with Gasteiger partial charge in [0.1, 0.15) is 0 Å². The molecule has 0 aliphatic rings. The van der Waals surface area contributed by atoms with E-state index < -0.39 is 5.97 Å². The van der Waals surface area contributed by atoms with E-state index in [1.807, 2.05) is 6.92 Å². The van der Waals surface area contributed by atoms with Crippen LogP contribution in [0.4, 0.5) is 0 Å². The number of rotatable bonds is 6. The highest BCUT2D eigenvalue weighted by Crippen LogP contribution is 1.99. The molecule has 0 heterocycles. The van der Waals surface area contributed by atoms with E-state index in [1.165, 1.54) is 13.4 Å². The zero-order valence-corrected chi connectivity index (χ0v) is 8.33. The first-order chi connectivity index (χ1) is 6.26. The maximum Gasteiger partial charge on any atom is 0.339 e. The van der Waals surface area contributed by atoms with Crippen LogP contribution >= 0.6 is 0 Å². The maximum absolute atomic E-state index is 11.2. The molecule has 0 aliphatic heterocycles. The van der Waals surface area contributed by atoms with Crippen molar-refractivity contribution in [1.29, 1.82) is 0 Å². The topological polar surface area (TPSA) is 44.8 Å². The second-order valence-electron chi connectivity index (χ2n) is 2.24. The highest BCUT2D eigenvalue weighted by Gasteiger charge is 2.10. The summed E-state index contributed by atoms with van der Waals surface area (Å²) < 4.78 is 14.6. The first-order valence-corrected chi connectivity index (χ1v) is 4.22. The van der Waals surface area contributed by atoms with Gasteiger partial charge in [-0.3, -0.25) is 0 Å². The van der Waals surface area contributed by atoms with Crippen LogP contribution in [-0.4, -0.2) is 32.9 Å². The fourth-order valence-corrected chi connectivity index (χ4v) is 0.719. The first-order valence-electron chi connectivity index (χ1n) is 4.22. The zero-order valence-electron chi connectivity index (χ0n) is 8.33. The van der Waals surface area contributed by atoms with Crippen LogP contribution in [0.15, 0.2) is 11.8 Å². The molecule has 0 radical (unpaired) electrons. The highest BCUT2D eigenvalue weighted by molar-refractivity contribution is 5.88. The number of esters is 1. The normalized spacial score (nSPS) is 11.2. The highest BCUT2D eigenvalue weighted by atomic mass is 16.5. The third-order valence-corrected chi connectivity index (χ3v) is 1.26. The van der Waals surface area contributed by atoms with Gasteiger partial charge in [-0.2, -0.15) is 0 Å². The second-order valence-corrected chi connectivity index (χ2v) is 2.24. The van der Waals surface area contributed by atoms with Crippen molar-refractivity contribution >= 4 is 5.97 Å². The fraction of sp³-hybridized carbons (Fsp3) is 0.667. The third kappa shape index (κ3) is 5.25. The van der Waals surface area contributed by atoms with Gasteiger partial charge in [0.15, 0.2) is 0 Å². The Kier molecular flexibility index (Phi) is 7.01. The van der Waals surface area contributed by atoms with E-state index in [0.29, 0.717) is 18.8 Å². The van der Waals surface area contributed by atoms with Gasteiger partial charge in [0.05, 0.1) is 32.2 Å². The van der Waals surface area contributed by atoms with Crippen molar-refractivity contribution in [1.82, 2.24) is 0 Å². The Morgan fingerprint density at radius 3 is 2.46 bits per heavy atom. The molecule has 0 saturated heterocycles. The summed E-state index contributed by atoms with van der Waals surface area (Å²) in [6, 6.07) is 0. The number of carbonyl (C=O) groups excluding carboxylic acids is 1. The quantitative estimate of drug-likeness (QED) is 0.356. The van der Waals surface area contributed by atoms with Crippen LogP contribution in [-0.2, 0) is 19.0 Å². The van der Waals surface area contributed by atoms with Crippen molar-refractivity contribution < 1.29 is 19.0 Å². The minimum Gasteiger partial charge on any atom is -0.504 e. The Morgan fingerprint density at radius 2 is 2.00 bits per heavy atom. The summed E-state index contributed by atoms with van der Waals surface area (Å²) in [5.41, 5.74) is 0.395. The molecule has 0 bridgehead atoms. The molecule has 0 aliphatic carbocycles. The molecule has 0 spiro atoms. The van der Waals surface area contributed by atoms with Crippen molar-refractivity contribution in [2.24, 2.45) is 0 Å². The van der Waals surface area contributed by atoms with Crippen molar-refractivity contribution in [2.75, 3.05) is 26.9 Å². The fourth-order valence-electron chi connectivity index (χ4n) is 0.719. The van der Waals surface area contributed by atoms with Gasteiger partial charge in [-0.05, 0) is 13.8 Å². The summed E-state index contributed by atoms with van der Waals surface area (Å²) in [5, 5.41) is 0. The van der Waals surface area contributed by atoms with E-state index >= 15 is 0 Å². The SMILES string of the molecule is CCOCC(=COC)C(=O)OCC. The van der Waals surface area contributed by atoms with Crippen LogP contribution in [0, 0.1) is 0 Å². The largest absolute Gasteiger partial charge is 0.504 e. The average Bonchev–Trinajstić information content (AvgIpc) is 2.12. The molecule has 4 nitrogen and oxygen atoms in total. The predicted molar refractivity (Wildman–Crippen MR) is 48.2 cm³/mol. The molecule has 0 N–H and O–H groups in total. The van der Waals surface area contributed by atoms with Crippen LogP contribution in [0.1, 0.15) is 13.8 Å². The van der Waals surface area contributed by atoms with E-state index in [4.69, 9.17) is 14.2 Å². The summed E-state index contributed by atoms with van der Waals surface area (Å²) in [6.45, 7) is 4.74. The molecule has 0 fully saturated rings. The van der Waals surface area contributed by atoms with Crippen LogP contribution < -0.4 is 0 Å². The summed E-state index contributed by atoms with van der Waals surface area (Å²) in [5.74, 6) is -0.391. The number of ether oxygens (including phenoxy) is 3. The summed E-state index contributed by atoms with van der Waals surface area (Å²) >= 11 is 0. The van der Waals surface area contributed by atoms with E-state index in [2.05, 4.69) is 0 Å². The molecule has 4 heteroatoms. The van der Waals surface area contributed by atoms with Crippen molar-refractivity contribution in [3.05, 3.63) is 11.8 Å². The predicted octanol–water partition coefficient (Wildman–Crippen LogP) is 1.12. The standard InChI is InChI=1S/C9H16O4/c1-4-12-7-8(6-11-3)9(10)13-5-2/h6H,4-5,7H2,1-3H3. The molecule has 0 aromatic rings.